The first-order valence-corrected chi connectivity index (χ1v) is 8.26. The summed E-state index contributed by atoms with van der Waals surface area (Å²) >= 11 is 0. The zero-order valence-electron chi connectivity index (χ0n) is 14.7. The number of hydrogen-bond acceptors (Lipinski definition) is 4. The standard InChI is InChI=1S/C18H16F3N5O2/c1-11-3-2-4-12(7-11)17(28)23-9-16(27)22-8-15-25-24-14-6-5-13(10-26(14)15)18(19,20)21/h2-7,10H,8-9H2,1H3,(H,22,27)(H,23,28). The number of aryl methyl sites for hydroxylation is 1. The average molecular weight is 391 g/mol. The van der Waals surface area contributed by atoms with Crippen molar-refractivity contribution in [3.8, 4) is 0 Å². The molecule has 0 aliphatic rings. The molecular formula is C18H16F3N5O2. The second-order valence-electron chi connectivity index (χ2n) is 6.09. The topological polar surface area (TPSA) is 88.4 Å². The van der Waals surface area contributed by atoms with Gasteiger partial charge in [-0.3, -0.25) is 14.0 Å². The zero-order chi connectivity index (χ0) is 20.3. The van der Waals surface area contributed by atoms with Crippen LogP contribution >= 0.6 is 0 Å². The van der Waals surface area contributed by atoms with Gasteiger partial charge in [0.15, 0.2) is 11.5 Å². The van der Waals surface area contributed by atoms with Gasteiger partial charge < -0.3 is 10.6 Å². The molecule has 2 aromatic heterocycles. The van der Waals surface area contributed by atoms with Crippen LogP contribution in [0.15, 0.2) is 42.6 Å². The molecule has 0 fully saturated rings. The molecule has 0 aliphatic carbocycles. The van der Waals surface area contributed by atoms with Crippen LogP contribution in [0.2, 0.25) is 0 Å². The summed E-state index contributed by atoms with van der Waals surface area (Å²) in [5.41, 5.74) is 0.715. The van der Waals surface area contributed by atoms with Gasteiger partial charge in [0.1, 0.15) is 0 Å². The number of nitrogens with one attached hydrogen (secondary N) is 2. The summed E-state index contributed by atoms with van der Waals surface area (Å²) in [4.78, 5) is 24.0. The molecule has 146 valence electrons. The number of alkyl halides is 3. The van der Waals surface area contributed by atoms with Crippen molar-refractivity contribution in [2.24, 2.45) is 0 Å². The summed E-state index contributed by atoms with van der Waals surface area (Å²) in [6.07, 6.45) is -3.63. The second kappa shape index (κ2) is 7.67. The van der Waals surface area contributed by atoms with Crippen LogP contribution in [-0.2, 0) is 17.5 Å². The van der Waals surface area contributed by atoms with Crippen LogP contribution in [0.25, 0.3) is 5.65 Å². The van der Waals surface area contributed by atoms with Crippen LogP contribution in [0, 0.1) is 6.92 Å². The number of nitrogens with zero attached hydrogens (tertiary/aromatic N) is 3. The minimum Gasteiger partial charge on any atom is -0.347 e. The van der Waals surface area contributed by atoms with Crippen molar-refractivity contribution >= 4 is 17.5 Å². The summed E-state index contributed by atoms with van der Waals surface area (Å²) in [5.74, 6) is -0.772. The number of pyridine rings is 1. The highest BCUT2D eigenvalue weighted by molar-refractivity contribution is 5.96. The fraction of sp³-hybridized carbons (Fsp3) is 0.222. The van der Waals surface area contributed by atoms with Crippen molar-refractivity contribution in [3.63, 3.8) is 0 Å². The SMILES string of the molecule is Cc1cccc(C(=O)NCC(=O)NCc2nnc3ccc(C(F)(F)F)cn23)c1. The van der Waals surface area contributed by atoms with Crippen LogP contribution < -0.4 is 10.6 Å². The Labute approximate surface area is 157 Å². The fourth-order valence-electron chi connectivity index (χ4n) is 2.52. The van der Waals surface area contributed by atoms with Crippen LogP contribution in [-0.4, -0.2) is 33.0 Å². The smallest absolute Gasteiger partial charge is 0.347 e. The molecule has 2 amide bonds. The van der Waals surface area contributed by atoms with Gasteiger partial charge >= 0.3 is 6.18 Å². The Hall–Kier alpha value is -3.43. The van der Waals surface area contributed by atoms with E-state index in [1.807, 2.05) is 13.0 Å². The van der Waals surface area contributed by atoms with Gasteiger partial charge in [-0.05, 0) is 31.2 Å². The molecule has 10 heteroatoms. The largest absolute Gasteiger partial charge is 0.417 e. The lowest BCUT2D eigenvalue weighted by Crippen LogP contribution is -2.36. The van der Waals surface area contributed by atoms with Crippen molar-refractivity contribution < 1.29 is 22.8 Å². The summed E-state index contributed by atoms with van der Waals surface area (Å²) in [7, 11) is 0. The monoisotopic (exact) mass is 391 g/mol. The molecule has 0 unspecified atom stereocenters. The van der Waals surface area contributed by atoms with Gasteiger partial charge in [0, 0.05) is 11.8 Å². The highest BCUT2D eigenvalue weighted by atomic mass is 19.4. The maximum atomic E-state index is 12.8. The molecule has 7 nitrogen and oxygen atoms in total. The van der Waals surface area contributed by atoms with Crippen molar-refractivity contribution in [1.82, 2.24) is 25.2 Å². The third kappa shape index (κ3) is 4.45. The lowest BCUT2D eigenvalue weighted by molar-refractivity contribution is -0.137. The quantitative estimate of drug-likeness (QED) is 0.697. The van der Waals surface area contributed by atoms with Crippen molar-refractivity contribution in [2.45, 2.75) is 19.6 Å². The number of aromatic nitrogens is 3. The van der Waals surface area contributed by atoms with E-state index in [-0.39, 0.29) is 24.6 Å². The van der Waals surface area contributed by atoms with Gasteiger partial charge in [0.05, 0.1) is 18.7 Å². The molecule has 2 N–H and O–H groups in total. The summed E-state index contributed by atoms with van der Waals surface area (Å²) in [5, 5.41) is 12.5. The number of fused-ring (bicyclic) bond motifs is 1. The van der Waals surface area contributed by atoms with Crippen molar-refractivity contribution in [2.75, 3.05) is 6.54 Å². The minimum absolute atomic E-state index is 0.137. The highest BCUT2D eigenvalue weighted by Gasteiger charge is 2.31. The maximum Gasteiger partial charge on any atom is 0.417 e. The molecule has 0 saturated heterocycles. The Morgan fingerprint density at radius 2 is 1.89 bits per heavy atom. The van der Waals surface area contributed by atoms with E-state index in [0.29, 0.717) is 5.56 Å². The Kier molecular flexibility index (Phi) is 5.30. The molecule has 0 radical (unpaired) electrons. The third-order valence-corrected chi connectivity index (χ3v) is 3.93. The van der Waals surface area contributed by atoms with E-state index in [9.17, 15) is 22.8 Å². The number of benzene rings is 1. The Morgan fingerprint density at radius 3 is 2.61 bits per heavy atom. The normalized spacial score (nSPS) is 11.4. The summed E-state index contributed by atoms with van der Waals surface area (Å²) < 4.78 is 39.7. The first-order valence-electron chi connectivity index (χ1n) is 8.26. The van der Waals surface area contributed by atoms with E-state index >= 15 is 0 Å². The molecule has 2 heterocycles. The molecular weight excluding hydrogens is 375 g/mol. The zero-order valence-corrected chi connectivity index (χ0v) is 14.7. The molecule has 1 aromatic carbocycles. The van der Waals surface area contributed by atoms with Gasteiger partial charge in [-0.1, -0.05) is 17.7 Å². The van der Waals surface area contributed by atoms with Gasteiger partial charge in [0.25, 0.3) is 5.91 Å². The third-order valence-electron chi connectivity index (χ3n) is 3.93. The second-order valence-corrected chi connectivity index (χ2v) is 6.09. The number of amides is 2. The number of carbonyl (C=O) groups is 2. The van der Waals surface area contributed by atoms with Crippen molar-refractivity contribution in [3.05, 3.63) is 65.1 Å². The predicted octanol–water partition coefficient (Wildman–Crippen LogP) is 2.10. The number of halogens is 3. The Balaban J connectivity index is 1.59. The van der Waals surface area contributed by atoms with Gasteiger partial charge in [0.2, 0.25) is 5.91 Å². The van der Waals surface area contributed by atoms with E-state index in [2.05, 4.69) is 20.8 Å². The lowest BCUT2D eigenvalue weighted by Gasteiger charge is -2.09. The van der Waals surface area contributed by atoms with E-state index < -0.39 is 23.6 Å². The molecule has 0 spiro atoms. The molecule has 3 aromatic rings. The van der Waals surface area contributed by atoms with Crippen LogP contribution in [0.1, 0.15) is 27.3 Å². The fourth-order valence-corrected chi connectivity index (χ4v) is 2.52. The van der Waals surface area contributed by atoms with E-state index in [4.69, 9.17) is 0 Å². The predicted molar refractivity (Wildman–Crippen MR) is 93.3 cm³/mol. The highest BCUT2D eigenvalue weighted by Crippen LogP contribution is 2.29. The number of hydrogen-bond donors (Lipinski definition) is 2. The molecule has 28 heavy (non-hydrogen) atoms. The van der Waals surface area contributed by atoms with E-state index in [1.165, 1.54) is 6.07 Å². The molecule has 0 saturated carbocycles. The molecule has 0 bridgehead atoms. The van der Waals surface area contributed by atoms with Crippen LogP contribution in [0.3, 0.4) is 0 Å². The Morgan fingerprint density at radius 1 is 1.11 bits per heavy atom. The number of rotatable bonds is 5. The van der Waals surface area contributed by atoms with Crippen molar-refractivity contribution in [1.29, 1.82) is 0 Å². The van der Waals surface area contributed by atoms with Crippen LogP contribution in [0.4, 0.5) is 13.2 Å². The number of carbonyl (C=O) groups excluding carboxylic acids is 2. The maximum absolute atomic E-state index is 12.8. The first-order chi connectivity index (χ1) is 13.2. The molecule has 3 rings (SSSR count). The molecule has 0 atom stereocenters. The molecule has 0 aliphatic heterocycles. The van der Waals surface area contributed by atoms with E-state index in [0.717, 1.165) is 22.2 Å². The Bertz CT molecular complexity index is 1030. The van der Waals surface area contributed by atoms with Crippen LogP contribution in [0.5, 0.6) is 0 Å². The minimum atomic E-state index is -4.50. The first kappa shape index (κ1) is 19.3. The van der Waals surface area contributed by atoms with Gasteiger partial charge in [-0.25, -0.2) is 0 Å². The summed E-state index contributed by atoms with van der Waals surface area (Å²) in [6, 6.07) is 9.00. The average Bonchev–Trinajstić information content (AvgIpc) is 3.06. The van der Waals surface area contributed by atoms with E-state index in [1.54, 1.807) is 18.2 Å². The van der Waals surface area contributed by atoms with Gasteiger partial charge in [-0.2, -0.15) is 13.2 Å². The van der Waals surface area contributed by atoms with Gasteiger partial charge in [-0.15, -0.1) is 10.2 Å². The lowest BCUT2D eigenvalue weighted by atomic mass is 10.1. The summed E-state index contributed by atoms with van der Waals surface area (Å²) in [6.45, 7) is 1.43.